The molecule has 22 heavy (non-hydrogen) atoms. The van der Waals surface area contributed by atoms with Gasteiger partial charge in [0.05, 0.1) is 0 Å². The Hall–Kier alpha value is -2.10. The van der Waals surface area contributed by atoms with Crippen LogP contribution in [0.2, 0.25) is 0 Å². The van der Waals surface area contributed by atoms with Gasteiger partial charge in [-0.3, -0.25) is 0 Å². The zero-order valence-corrected chi connectivity index (χ0v) is 12.9. The molecule has 2 N–H and O–H groups in total. The molecule has 1 aliphatic heterocycles. The number of rotatable bonds is 4. The Morgan fingerprint density at radius 2 is 1.86 bits per heavy atom. The average Bonchev–Trinajstić information content (AvgIpc) is 2.48. The van der Waals surface area contributed by atoms with Crippen LogP contribution in [0.15, 0.2) is 48.6 Å². The number of nitrogens with zero attached hydrogens (tertiary/aromatic N) is 1. The fraction of sp³-hybridized carbons (Fsp3) is 0.333. The molecule has 0 atom stereocenters. The van der Waals surface area contributed by atoms with Gasteiger partial charge in [0.2, 0.25) is 0 Å². The maximum absolute atomic E-state index is 14.0. The molecule has 0 aromatic heterocycles. The molecule has 2 nitrogen and oxygen atoms in total. The molecule has 0 saturated carbocycles. The van der Waals surface area contributed by atoms with Gasteiger partial charge in [-0.1, -0.05) is 30.9 Å². The molecule has 1 saturated heterocycles. The van der Waals surface area contributed by atoms with E-state index < -0.39 is 11.6 Å². The molecule has 1 heterocycles. The molecule has 0 aliphatic carbocycles. The topological polar surface area (TPSA) is 29.3 Å². The summed E-state index contributed by atoms with van der Waals surface area (Å²) >= 11 is 0. The molecule has 0 bridgehead atoms. The lowest BCUT2D eigenvalue weighted by Crippen LogP contribution is -2.35. The minimum Gasteiger partial charge on any atom is -0.399 e. The van der Waals surface area contributed by atoms with Gasteiger partial charge in [0.15, 0.2) is 11.6 Å². The molecule has 1 aliphatic rings. The number of anilines is 2. The van der Waals surface area contributed by atoms with Gasteiger partial charge in [0.25, 0.3) is 0 Å². The number of hydrogen-bond acceptors (Lipinski definition) is 2. The third-order valence-electron chi connectivity index (χ3n) is 4.08. The van der Waals surface area contributed by atoms with Crippen molar-refractivity contribution in [1.82, 2.24) is 0 Å². The predicted octanol–water partition coefficient (Wildman–Crippen LogP) is 4.45. The first-order valence-electron chi connectivity index (χ1n) is 7.51. The Balaban J connectivity index is 2.10. The van der Waals surface area contributed by atoms with Crippen molar-refractivity contribution in [2.45, 2.75) is 19.8 Å². The minimum atomic E-state index is -0.589. The SMILES string of the molecule is C=C/C=C\C(=C/C)C1CCN(c2c(F)cc(N)cc2F)CC1. The van der Waals surface area contributed by atoms with Crippen LogP contribution in [0.3, 0.4) is 0 Å². The third-order valence-corrected chi connectivity index (χ3v) is 4.08. The van der Waals surface area contributed by atoms with Crippen LogP contribution in [0.5, 0.6) is 0 Å². The summed E-state index contributed by atoms with van der Waals surface area (Å²) < 4.78 is 28.0. The quantitative estimate of drug-likeness (QED) is 0.657. The molecule has 1 fully saturated rings. The number of hydrogen-bond donors (Lipinski definition) is 1. The predicted molar refractivity (Wildman–Crippen MR) is 88.8 cm³/mol. The zero-order valence-electron chi connectivity index (χ0n) is 12.9. The van der Waals surface area contributed by atoms with E-state index >= 15 is 0 Å². The first kappa shape index (κ1) is 16.3. The van der Waals surface area contributed by atoms with E-state index in [1.807, 2.05) is 13.0 Å². The standard InChI is InChI=1S/C18H22F2N2/c1-3-5-6-13(4-2)14-7-9-22(10-8-14)18-16(19)11-15(21)12-17(18)20/h3-6,11-12,14H,1,7-10,21H2,2H3/b6-5-,13-4+. The summed E-state index contributed by atoms with van der Waals surface area (Å²) in [5, 5.41) is 0. The van der Waals surface area contributed by atoms with Crippen molar-refractivity contribution in [3.05, 3.63) is 60.2 Å². The smallest absolute Gasteiger partial charge is 0.151 e. The number of benzene rings is 1. The summed E-state index contributed by atoms with van der Waals surface area (Å²) in [5.74, 6) is -0.764. The monoisotopic (exact) mass is 304 g/mol. The highest BCUT2D eigenvalue weighted by Gasteiger charge is 2.25. The molecule has 0 spiro atoms. The van der Waals surface area contributed by atoms with Gasteiger partial charge in [-0.15, -0.1) is 0 Å². The molecular formula is C18H22F2N2. The van der Waals surface area contributed by atoms with Crippen molar-refractivity contribution in [2.24, 2.45) is 5.92 Å². The summed E-state index contributed by atoms with van der Waals surface area (Å²) in [6, 6.07) is 2.35. The Morgan fingerprint density at radius 3 is 2.36 bits per heavy atom. The number of halogens is 2. The van der Waals surface area contributed by atoms with Crippen LogP contribution in [0.4, 0.5) is 20.2 Å². The molecule has 0 amide bonds. The number of allylic oxidation sites excluding steroid dienone is 5. The summed E-state index contributed by atoms with van der Waals surface area (Å²) in [6.45, 7) is 6.94. The van der Waals surface area contributed by atoms with Crippen LogP contribution in [-0.2, 0) is 0 Å². The lowest BCUT2D eigenvalue weighted by Gasteiger charge is -2.34. The van der Waals surface area contributed by atoms with E-state index in [4.69, 9.17) is 5.73 Å². The van der Waals surface area contributed by atoms with E-state index in [0.717, 1.165) is 12.8 Å². The highest BCUT2D eigenvalue weighted by Crippen LogP contribution is 2.32. The van der Waals surface area contributed by atoms with E-state index in [-0.39, 0.29) is 11.4 Å². The summed E-state index contributed by atoms with van der Waals surface area (Å²) in [7, 11) is 0. The number of nitrogen functional groups attached to an aromatic ring is 1. The largest absolute Gasteiger partial charge is 0.399 e. The maximum Gasteiger partial charge on any atom is 0.151 e. The van der Waals surface area contributed by atoms with Crippen LogP contribution in [0.25, 0.3) is 0 Å². The normalized spacial score (nSPS) is 17.2. The maximum atomic E-state index is 14.0. The second kappa shape index (κ2) is 7.25. The molecule has 1 aromatic rings. The first-order valence-corrected chi connectivity index (χ1v) is 7.51. The van der Waals surface area contributed by atoms with Crippen LogP contribution < -0.4 is 10.6 Å². The van der Waals surface area contributed by atoms with Crippen LogP contribution in [-0.4, -0.2) is 13.1 Å². The van der Waals surface area contributed by atoms with E-state index in [1.54, 1.807) is 11.0 Å². The lowest BCUT2D eigenvalue weighted by atomic mass is 9.88. The van der Waals surface area contributed by atoms with E-state index in [9.17, 15) is 8.78 Å². The highest BCUT2D eigenvalue weighted by atomic mass is 19.1. The molecule has 1 aromatic carbocycles. The van der Waals surface area contributed by atoms with E-state index in [1.165, 1.54) is 17.7 Å². The average molecular weight is 304 g/mol. The number of nitrogens with two attached hydrogens (primary N) is 1. The fourth-order valence-corrected chi connectivity index (χ4v) is 2.97. The van der Waals surface area contributed by atoms with Crippen molar-refractivity contribution in [2.75, 3.05) is 23.7 Å². The second-order valence-corrected chi connectivity index (χ2v) is 5.48. The Kier molecular flexibility index (Phi) is 5.36. The van der Waals surface area contributed by atoms with Gasteiger partial charge in [0.1, 0.15) is 5.69 Å². The molecular weight excluding hydrogens is 282 g/mol. The molecule has 2 rings (SSSR count). The van der Waals surface area contributed by atoms with Crippen LogP contribution in [0, 0.1) is 17.6 Å². The lowest BCUT2D eigenvalue weighted by molar-refractivity contribution is 0.453. The third kappa shape index (κ3) is 3.56. The Morgan fingerprint density at radius 1 is 1.27 bits per heavy atom. The fourth-order valence-electron chi connectivity index (χ4n) is 2.97. The first-order chi connectivity index (χ1) is 10.6. The summed E-state index contributed by atoms with van der Waals surface area (Å²) in [4.78, 5) is 1.77. The molecule has 118 valence electrons. The van der Waals surface area contributed by atoms with Crippen molar-refractivity contribution in [3.8, 4) is 0 Å². The Bertz CT molecular complexity index is 574. The van der Waals surface area contributed by atoms with Gasteiger partial charge in [-0.2, -0.15) is 0 Å². The zero-order chi connectivity index (χ0) is 16.1. The highest BCUT2D eigenvalue weighted by molar-refractivity contribution is 5.56. The second-order valence-electron chi connectivity index (χ2n) is 5.48. The summed E-state index contributed by atoms with van der Waals surface area (Å²) in [6.07, 6.45) is 9.54. The molecule has 0 radical (unpaired) electrons. The van der Waals surface area contributed by atoms with Crippen molar-refractivity contribution in [1.29, 1.82) is 0 Å². The Labute approximate surface area is 130 Å². The van der Waals surface area contributed by atoms with Crippen LogP contribution in [0.1, 0.15) is 19.8 Å². The van der Waals surface area contributed by atoms with Crippen molar-refractivity contribution >= 4 is 11.4 Å². The van der Waals surface area contributed by atoms with Gasteiger partial charge >= 0.3 is 0 Å². The minimum absolute atomic E-state index is 0.0383. The molecule has 0 unspecified atom stereocenters. The number of piperidine rings is 1. The van der Waals surface area contributed by atoms with Crippen molar-refractivity contribution in [3.63, 3.8) is 0 Å². The van der Waals surface area contributed by atoms with E-state index in [2.05, 4.69) is 18.7 Å². The summed E-state index contributed by atoms with van der Waals surface area (Å²) in [5.41, 5.74) is 6.86. The molecule has 4 heteroatoms. The van der Waals surface area contributed by atoms with Gasteiger partial charge in [-0.05, 0) is 43.4 Å². The van der Waals surface area contributed by atoms with Crippen LogP contribution >= 0.6 is 0 Å². The van der Waals surface area contributed by atoms with Gasteiger partial charge in [-0.25, -0.2) is 8.78 Å². The van der Waals surface area contributed by atoms with Gasteiger partial charge < -0.3 is 10.6 Å². The van der Waals surface area contributed by atoms with Crippen molar-refractivity contribution < 1.29 is 8.78 Å². The van der Waals surface area contributed by atoms with Gasteiger partial charge in [0, 0.05) is 18.8 Å². The van der Waals surface area contributed by atoms with E-state index in [0.29, 0.717) is 19.0 Å².